The number of benzene rings is 2. The summed E-state index contributed by atoms with van der Waals surface area (Å²) in [5.74, 6) is 0.411. The van der Waals surface area contributed by atoms with Crippen molar-refractivity contribution in [1.29, 1.82) is 0 Å². The van der Waals surface area contributed by atoms with E-state index in [0.717, 1.165) is 22.4 Å². The van der Waals surface area contributed by atoms with E-state index in [1.165, 1.54) is 0 Å². The van der Waals surface area contributed by atoms with Crippen LogP contribution in [-0.2, 0) is 4.74 Å². The van der Waals surface area contributed by atoms with Gasteiger partial charge >= 0.3 is 5.97 Å². The molecular weight excluding hydrogens is 302 g/mol. The Bertz CT molecular complexity index is 889. The van der Waals surface area contributed by atoms with E-state index < -0.39 is 6.10 Å². The van der Waals surface area contributed by atoms with Crippen molar-refractivity contribution in [3.8, 4) is 17.0 Å². The second-order valence-electron chi connectivity index (χ2n) is 5.58. The van der Waals surface area contributed by atoms with Crippen molar-refractivity contribution in [3.05, 3.63) is 83.6 Å². The van der Waals surface area contributed by atoms with Crippen LogP contribution in [0.15, 0.2) is 66.9 Å². The average molecular weight is 317 g/mol. The van der Waals surface area contributed by atoms with E-state index in [-0.39, 0.29) is 5.97 Å². The predicted octanol–water partition coefficient (Wildman–Crippen LogP) is 4.02. The fraction of sp³-hybridized carbons (Fsp3) is 0.100. The molecule has 24 heavy (non-hydrogen) atoms. The number of esters is 1. The van der Waals surface area contributed by atoms with Gasteiger partial charge in [-0.15, -0.1) is 0 Å². The summed E-state index contributed by atoms with van der Waals surface area (Å²) in [5, 5.41) is 0. The Balaban J connectivity index is 1.70. The van der Waals surface area contributed by atoms with Crippen LogP contribution < -0.4 is 4.74 Å². The number of nitrogens with zero attached hydrogens (tertiary/aromatic N) is 1. The van der Waals surface area contributed by atoms with Crippen LogP contribution in [0.1, 0.15) is 27.6 Å². The molecule has 1 aliphatic heterocycles. The number of pyridine rings is 1. The third-order valence-electron chi connectivity index (χ3n) is 4.16. The van der Waals surface area contributed by atoms with E-state index in [0.29, 0.717) is 11.3 Å². The van der Waals surface area contributed by atoms with E-state index in [4.69, 9.17) is 9.47 Å². The lowest BCUT2D eigenvalue weighted by Crippen LogP contribution is -2.00. The van der Waals surface area contributed by atoms with Gasteiger partial charge in [0.2, 0.25) is 0 Å². The fourth-order valence-corrected chi connectivity index (χ4v) is 2.91. The van der Waals surface area contributed by atoms with Gasteiger partial charge in [-0.2, -0.15) is 0 Å². The van der Waals surface area contributed by atoms with Gasteiger partial charge in [0.15, 0.2) is 6.10 Å². The second-order valence-corrected chi connectivity index (χ2v) is 5.58. The maximum atomic E-state index is 12.1. The average Bonchev–Trinajstić information content (AvgIpc) is 2.98. The van der Waals surface area contributed by atoms with Gasteiger partial charge < -0.3 is 9.47 Å². The Morgan fingerprint density at radius 3 is 2.58 bits per heavy atom. The molecule has 2 heterocycles. The number of hydrogen-bond acceptors (Lipinski definition) is 4. The van der Waals surface area contributed by atoms with Crippen LogP contribution in [0.3, 0.4) is 0 Å². The van der Waals surface area contributed by atoms with Gasteiger partial charge in [0.25, 0.3) is 0 Å². The molecule has 4 heteroatoms. The molecule has 1 aromatic heterocycles. The van der Waals surface area contributed by atoms with Crippen LogP contribution in [0, 0.1) is 0 Å². The lowest BCUT2D eigenvalue weighted by molar-refractivity contribution is 0.0456. The van der Waals surface area contributed by atoms with Gasteiger partial charge in [-0.05, 0) is 35.9 Å². The first kappa shape index (κ1) is 14.5. The van der Waals surface area contributed by atoms with Crippen LogP contribution in [0.4, 0.5) is 0 Å². The van der Waals surface area contributed by atoms with Gasteiger partial charge in [0.05, 0.1) is 18.4 Å². The molecule has 0 spiro atoms. The highest BCUT2D eigenvalue weighted by Gasteiger charge is 2.32. The molecule has 0 N–H and O–H groups in total. The Labute approximate surface area is 139 Å². The molecule has 0 radical (unpaired) electrons. The van der Waals surface area contributed by atoms with Crippen LogP contribution >= 0.6 is 0 Å². The summed E-state index contributed by atoms with van der Waals surface area (Å²) in [6, 6.07) is 19.1. The summed E-state index contributed by atoms with van der Waals surface area (Å²) in [6.45, 7) is 0. The zero-order chi connectivity index (χ0) is 16.5. The summed E-state index contributed by atoms with van der Waals surface area (Å²) < 4.78 is 10.8. The first-order valence-corrected chi connectivity index (χ1v) is 7.66. The number of cyclic esters (lactones) is 1. The molecule has 0 bridgehead atoms. The van der Waals surface area contributed by atoms with E-state index in [1.807, 2.05) is 48.5 Å². The topological polar surface area (TPSA) is 48.4 Å². The summed E-state index contributed by atoms with van der Waals surface area (Å²) in [5.41, 5.74) is 4.29. The van der Waals surface area contributed by atoms with E-state index >= 15 is 0 Å². The molecule has 0 saturated heterocycles. The molecule has 1 atom stereocenters. The molecular formula is C20H15NO3. The molecule has 0 amide bonds. The highest BCUT2D eigenvalue weighted by Crippen LogP contribution is 2.38. The Morgan fingerprint density at radius 2 is 1.88 bits per heavy atom. The number of ether oxygens (including phenoxy) is 2. The molecule has 1 aliphatic rings. The SMILES string of the molecule is COc1ccc2c(c1)C(c1ccc(-c3ccccn3)cc1)OC2=O. The minimum Gasteiger partial charge on any atom is -0.497 e. The molecule has 4 nitrogen and oxygen atoms in total. The minimum atomic E-state index is -0.402. The monoisotopic (exact) mass is 317 g/mol. The van der Waals surface area contributed by atoms with Crippen molar-refractivity contribution in [3.63, 3.8) is 0 Å². The number of carbonyl (C=O) groups is 1. The predicted molar refractivity (Wildman–Crippen MR) is 89.9 cm³/mol. The van der Waals surface area contributed by atoms with Crippen molar-refractivity contribution >= 4 is 5.97 Å². The fourth-order valence-electron chi connectivity index (χ4n) is 2.91. The van der Waals surface area contributed by atoms with Crippen molar-refractivity contribution < 1.29 is 14.3 Å². The van der Waals surface area contributed by atoms with Crippen LogP contribution in [0.5, 0.6) is 5.75 Å². The number of rotatable bonds is 3. The Hall–Kier alpha value is -3.14. The van der Waals surface area contributed by atoms with Crippen molar-refractivity contribution in [2.24, 2.45) is 0 Å². The van der Waals surface area contributed by atoms with Crippen molar-refractivity contribution in [2.45, 2.75) is 6.10 Å². The summed E-state index contributed by atoms with van der Waals surface area (Å²) in [4.78, 5) is 16.4. The molecule has 0 aliphatic carbocycles. The van der Waals surface area contributed by atoms with Crippen molar-refractivity contribution in [1.82, 2.24) is 4.98 Å². The zero-order valence-electron chi connectivity index (χ0n) is 13.1. The molecule has 0 saturated carbocycles. The summed E-state index contributed by atoms with van der Waals surface area (Å²) in [6.07, 6.45) is 1.37. The van der Waals surface area contributed by atoms with E-state index in [9.17, 15) is 4.79 Å². The lowest BCUT2D eigenvalue weighted by atomic mass is 9.97. The molecule has 4 rings (SSSR count). The molecule has 118 valence electrons. The molecule has 3 aromatic rings. The first-order chi connectivity index (χ1) is 11.8. The number of methoxy groups -OCH3 is 1. The van der Waals surface area contributed by atoms with E-state index in [2.05, 4.69) is 4.98 Å². The molecule has 1 unspecified atom stereocenters. The normalized spacial score (nSPS) is 15.7. The highest BCUT2D eigenvalue weighted by molar-refractivity contribution is 5.94. The quantitative estimate of drug-likeness (QED) is 0.685. The van der Waals surface area contributed by atoms with Crippen LogP contribution in [0.2, 0.25) is 0 Å². The molecule has 2 aromatic carbocycles. The van der Waals surface area contributed by atoms with Crippen molar-refractivity contribution in [2.75, 3.05) is 7.11 Å². The summed E-state index contributed by atoms with van der Waals surface area (Å²) >= 11 is 0. The first-order valence-electron chi connectivity index (χ1n) is 7.66. The Kier molecular flexibility index (Phi) is 3.50. The van der Waals surface area contributed by atoms with Gasteiger partial charge in [0.1, 0.15) is 5.75 Å². The number of carbonyl (C=O) groups excluding carboxylic acids is 1. The smallest absolute Gasteiger partial charge is 0.339 e. The Morgan fingerprint density at radius 1 is 1.04 bits per heavy atom. The standard InChI is InChI=1S/C20H15NO3/c1-23-15-9-10-16-17(12-15)19(24-20(16)22)14-7-5-13(6-8-14)18-4-2-3-11-21-18/h2-12,19H,1H3. The minimum absolute atomic E-state index is 0.300. The van der Waals surface area contributed by atoms with E-state index in [1.54, 1.807) is 25.4 Å². The number of fused-ring (bicyclic) bond motifs is 1. The number of aromatic nitrogens is 1. The second kappa shape index (κ2) is 5.81. The van der Waals surface area contributed by atoms with Gasteiger partial charge in [-0.3, -0.25) is 4.98 Å². The summed E-state index contributed by atoms with van der Waals surface area (Å²) in [7, 11) is 1.61. The third-order valence-corrected chi connectivity index (χ3v) is 4.16. The highest BCUT2D eigenvalue weighted by atomic mass is 16.5. The largest absolute Gasteiger partial charge is 0.497 e. The van der Waals surface area contributed by atoms with Gasteiger partial charge in [-0.1, -0.05) is 30.3 Å². The third kappa shape index (κ3) is 2.42. The lowest BCUT2D eigenvalue weighted by Gasteiger charge is -2.12. The van der Waals surface area contributed by atoms with Gasteiger partial charge in [-0.25, -0.2) is 4.79 Å². The van der Waals surface area contributed by atoms with Crippen LogP contribution in [0.25, 0.3) is 11.3 Å². The maximum Gasteiger partial charge on any atom is 0.339 e. The van der Waals surface area contributed by atoms with Crippen LogP contribution in [-0.4, -0.2) is 18.1 Å². The maximum absolute atomic E-state index is 12.1. The van der Waals surface area contributed by atoms with Gasteiger partial charge in [0, 0.05) is 17.3 Å². The zero-order valence-corrected chi connectivity index (χ0v) is 13.1. The molecule has 0 fully saturated rings. The number of hydrogen-bond donors (Lipinski definition) is 0.